The number of carbonyl (C=O) groups is 2. The predicted molar refractivity (Wildman–Crippen MR) is 150 cm³/mol. The number of fused-ring (bicyclic) bond motifs is 1. The lowest BCUT2D eigenvalue weighted by molar-refractivity contribution is -0.139. The van der Waals surface area contributed by atoms with E-state index in [1.165, 1.54) is 0 Å². The highest BCUT2D eigenvalue weighted by molar-refractivity contribution is 7.89. The highest BCUT2D eigenvalue weighted by atomic mass is 32.2. The first-order valence-corrected chi connectivity index (χ1v) is 14.7. The van der Waals surface area contributed by atoms with Gasteiger partial charge in [0.15, 0.2) is 0 Å². The van der Waals surface area contributed by atoms with Crippen LogP contribution in [0.5, 0.6) is 0 Å². The number of amides is 1. The summed E-state index contributed by atoms with van der Waals surface area (Å²) in [5.41, 5.74) is 6.78. The van der Waals surface area contributed by atoms with Crippen LogP contribution in [0.25, 0.3) is 11.0 Å². The van der Waals surface area contributed by atoms with Crippen molar-refractivity contribution in [1.82, 2.24) is 25.5 Å². The van der Waals surface area contributed by atoms with Crippen LogP contribution in [0.1, 0.15) is 42.4 Å². The molecule has 1 saturated heterocycles. The first kappa shape index (κ1) is 29.5. The Labute approximate surface area is 233 Å². The summed E-state index contributed by atoms with van der Waals surface area (Å²) < 4.78 is 28.1. The molecule has 6 N–H and O–H groups in total. The molecule has 0 aliphatic carbocycles. The van der Waals surface area contributed by atoms with Gasteiger partial charge in [0, 0.05) is 19.1 Å². The number of carboxylic acids is 1. The molecule has 4 rings (SSSR count). The van der Waals surface area contributed by atoms with Crippen molar-refractivity contribution in [1.29, 1.82) is 0 Å². The zero-order valence-electron chi connectivity index (χ0n) is 22.8. The fraction of sp³-hybridized carbons (Fsp3) is 0.444. The number of aromatic amines is 1. The molecule has 0 saturated carbocycles. The fourth-order valence-corrected chi connectivity index (χ4v) is 6.65. The number of nitrogens with zero attached hydrogens (tertiary/aromatic N) is 1. The molecule has 1 aliphatic rings. The van der Waals surface area contributed by atoms with E-state index < -0.39 is 34.5 Å². The summed E-state index contributed by atoms with van der Waals surface area (Å²) in [6.45, 7) is 5.50. The van der Waals surface area contributed by atoms with Crippen LogP contribution >= 0.6 is 0 Å². The molecular formula is C27H36N6O6S. The van der Waals surface area contributed by atoms with Crippen LogP contribution in [0.2, 0.25) is 0 Å². The topological polar surface area (TPSA) is 175 Å². The van der Waals surface area contributed by atoms with Crippen molar-refractivity contribution in [2.75, 3.05) is 18.4 Å². The van der Waals surface area contributed by atoms with Crippen LogP contribution in [-0.4, -0.2) is 66.6 Å². The number of rotatable bonds is 13. The second-order valence-electron chi connectivity index (χ2n) is 10.2. The van der Waals surface area contributed by atoms with Gasteiger partial charge in [0.25, 0.3) is 0 Å². The number of H-pyrrole nitrogens is 1. The summed E-state index contributed by atoms with van der Waals surface area (Å²) in [4.78, 5) is 37.6. The minimum atomic E-state index is -4.12. The molecule has 13 heteroatoms. The van der Waals surface area contributed by atoms with Crippen LogP contribution in [0.3, 0.4) is 0 Å². The molecule has 3 atom stereocenters. The quantitative estimate of drug-likeness (QED) is 0.168. The maximum atomic E-state index is 13.0. The fourth-order valence-electron chi connectivity index (χ4n) is 5.01. The number of nitrogens with one attached hydrogen (secondary N) is 5. The van der Waals surface area contributed by atoms with Gasteiger partial charge in [0.1, 0.15) is 6.04 Å². The predicted octanol–water partition coefficient (Wildman–Crippen LogP) is 2.28. The first-order valence-electron chi connectivity index (χ1n) is 13.2. The summed E-state index contributed by atoms with van der Waals surface area (Å²) in [6, 6.07) is 9.80. The third kappa shape index (κ3) is 7.56. The van der Waals surface area contributed by atoms with Gasteiger partial charge in [0.2, 0.25) is 21.9 Å². The highest BCUT2D eigenvalue weighted by Gasteiger charge is 2.30. The Kier molecular flexibility index (Phi) is 9.40. The Bertz CT molecular complexity index is 1420. The Morgan fingerprint density at radius 2 is 1.90 bits per heavy atom. The molecule has 2 aromatic carbocycles. The standard InChI is InChI=1S/C27H36N6O6S/c1-16-11-17(2)25(18(3)12-16)40(37,38)33-23(26(35)36)15-29-24(34)14-20-13-19(32-39-20)7-6-10-28-27-30-21-8-4-5-9-22(21)31-27/h4-5,8-9,11-12,19-20,23,32-33H,6-7,10,13-15H2,1-3H3,(H,29,34)(H,35,36)(H2,28,30,31). The summed E-state index contributed by atoms with van der Waals surface area (Å²) in [7, 11) is -4.12. The van der Waals surface area contributed by atoms with Gasteiger partial charge in [-0.05, 0) is 63.3 Å². The van der Waals surface area contributed by atoms with Crippen LogP contribution in [-0.2, 0) is 24.4 Å². The lowest BCUT2D eigenvalue weighted by atomic mass is 10.0. The summed E-state index contributed by atoms with van der Waals surface area (Å²) >= 11 is 0. The molecule has 0 spiro atoms. The monoisotopic (exact) mass is 572 g/mol. The van der Waals surface area contributed by atoms with Gasteiger partial charge in [-0.25, -0.2) is 13.4 Å². The molecule has 1 fully saturated rings. The van der Waals surface area contributed by atoms with E-state index in [9.17, 15) is 23.1 Å². The second-order valence-corrected chi connectivity index (χ2v) is 11.9. The van der Waals surface area contributed by atoms with Crippen LogP contribution in [0.4, 0.5) is 5.95 Å². The van der Waals surface area contributed by atoms with Gasteiger partial charge in [0.05, 0.1) is 28.5 Å². The molecule has 1 aliphatic heterocycles. The Morgan fingerprint density at radius 3 is 2.60 bits per heavy atom. The molecule has 3 unspecified atom stereocenters. The molecule has 0 bridgehead atoms. The van der Waals surface area contributed by atoms with Crippen molar-refractivity contribution in [3.8, 4) is 0 Å². The van der Waals surface area contributed by atoms with Crippen molar-refractivity contribution in [2.45, 2.75) is 69.5 Å². The molecule has 216 valence electrons. The van der Waals surface area contributed by atoms with Crippen molar-refractivity contribution in [3.63, 3.8) is 0 Å². The van der Waals surface area contributed by atoms with Crippen molar-refractivity contribution < 1.29 is 28.0 Å². The molecule has 1 aromatic heterocycles. The zero-order chi connectivity index (χ0) is 28.9. The number of aromatic nitrogens is 2. The maximum Gasteiger partial charge on any atom is 0.323 e. The van der Waals surface area contributed by atoms with Crippen LogP contribution in [0, 0.1) is 20.8 Å². The molecule has 2 heterocycles. The largest absolute Gasteiger partial charge is 0.480 e. The normalized spacial score (nSPS) is 18.1. The van der Waals surface area contributed by atoms with E-state index in [1.54, 1.807) is 26.0 Å². The summed E-state index contributed by atoms with van der Waals surface area (Å²) in [5, 5.41) is 15.4. The zero-order valence-corrected chi connectivity index (χ0v) is 23.6. The molecule has 3 aromatic rings. The Morgan fingerprint density at radius 1 is 1.18 bits per heavy atom. The summed E-state index contributed by atoms with van der Waals surface area (Å²) in [5.74, 6) is -1.09. The van der Waals surface area contributed by atoms with Crippen LogP contribution in [0.15, 0.2) is 41.3 Å². The molecule has 1 amide bonds. The van der Waals surface area contributed by atoms with Gasteiger partial charge < -0.3 is 20.7 Å². The van der Waals surface area contributed by atoms with E-state index in [4.69, 9.17) is 4.84 Å². The number of anilines is 1. The number of aliphatic carboxylic acids is 1. The average Bonchev–Trinajstić information content (AvgIpc) is 3.49. The number of carbonyl (C=O) groups excluding carboxylic acids is 1. The van der Waals surface area contributed by atoms with Crippen LogP contribution < -0.4 is 20.8 Å². The van der Waals surface area contributed by atoms with Crippen molar-refractivity contribution in [2.24, 2.45) is 0 Å². The number of benzene rings is 2. The maximum absolute atomic E-state index is 13.0. The van der Waals surface area contributed by atoms with Gasteiger partial charge >= 0.3 is 5.97 Å². The molecule has 0 radical (unpaired) electrons. The third-order valence-corrected chi connectivity index (χ3v) is 8.52. The smallest absolute Gasteiger partial charge is 0.323 e. The summed E-state index contributed by atoms with van der Waals surface area (Å²) in [6.07, 6.45) is 1.96. The lowest BCUT2D eigenvalue weighted by Crippen LogP contribution is -2.48. The van der Waals surface area contributed by atoms with Gasteiger partial charge in [-0.3, -0.25) is 14.4 Å². The molecular weight excluding hydrogens is 536 g/mol. The number of sulfonamides is 1. The van der Waals surface area contributed by atoms with E-state index in [1.807, 2.05) is 31.2 Å². The van der Waals surface area contributed by atoms with E-state index in [-0.39, 0.29) is 23.5 Å². The van der Waals surface area contributed by atoms with E-state index in [0.29, 0.717) is 17.5 Å². The number of hydroxylamine groups is 1. The number of hydrogen-bond acceptors (Lipinski definition) is 8. The Hall–Kier alpha value is -3.52. The van der Waals surface area contributed by atoms with E-state index >= 15 is 0 Å². The SMILES string of the molecule is Cc1cc(C)c(S(=O)(=O)NC(CNC(=O)CC2CC(CCCNc3nc4ccccc4[nH]3)NO2)C(=O)O)c(C)c1. The van der Waals surface area contributed by atoms with E-state index in [0.717, 1.165) is 41.9 Å². The number of para-hydroxylation sites is 2. The average molecular weight is 573 g/mol. The number of aryl methyl sites for hydroxylation is 3. The van der Waals surface area contributed by atoms with Gasteiger partial charge in [-0.15, -0.1) is 0 Å². The molecule has 12 nitrogen and oxygen atoms in total. The first-order chi connectivity index (χ1) is 19.0. The number of imidazole rings is 1. The highest BCUT2D eigenvalue weighted by Crippen LogP contribution is 2.22. The number of hydrogen-bond donors (Lipinski definition) is 6. The second kappa shape index (κ2) is 12.8. The Balaban J connectivity index is 1.19. The molecule has 40 heavy (non-hydrogen) atoms. The lowest BCUT2D eigenvalue weighted by Gasteiger charge is -2.18. The third-order valence-electron chi connectivity index (χ3n) is 6.75. The van der Waals surface area contributed by atoms with Crippen molar-refractivity contribution in [3.05, 3.63) is 53.1 Å². The van der Waals surface area contributed by atoms with E-state index in [2.05, 4.69) is 30.8 Å². The minimum Gasteiger partial charge on any atom is -0.480 e. The van der Waals surface area contributed by atoms with Gasteiger partial charge in [-0.2, -0.15) is 10.2 Å². The van der Waals surface area contributed by atoms with Crippen molar-refractivity contribution >= 4 is 38.9 Å². The number of carboxylic acid groups (broad SMARTS) is 1. The minimum absolute atomic E-state index is 0.0238. The van der Waals surface area contributed by atoms with Gasteiger partial charge in [-0.1, -0.05) is 29.8 Å².